The van der Waals surface area contributed by atoms with Crippen LogP contribution in [0.5, 0.6) is 0 Å². The number of hydrogen-bond donors (Lipinski definition) is 0. The minimum Gasteiger partial charge on any atom is -0.446 e. The van der Waals surface area contributed by atoms with E-state index in [1.165, 1.54) is 11.1 Å². The van der Waals surface area contributed by atoms with Gasteiger partial charge in [0.25, 0.3) is 0 Å². The zero-order chi connectivity index (χ0) is 9.97. The Morgan fingerprint density at radius 3 is 2.64 bits per heavy atom. The highest BCUT2D eigenvalue weighted by molar-refractivity contribution is 5.27. The lowest BCUT2D eigenvalue weighted by molar-refractivity contribution is 0.481. The maximum absolute atomic E-state index is 5.43. The summed E-state index contributed by atoms with van der Waals surface area (Å²) < 4.78 is 5.43. The van der Waals surface area contributed by atoms with E-state index < -0.39 is 0 Å². The topological polar surface area (TPSA) is 26.0 Å². The van der Waals surface area contributed by atoms with Gasteiger partial charge < -0.3 is 4.42 Å². The van der Waals surface area contributed by atoms with Gasteiger partial charge in [-0.3, -0.25) is 0 Å². The van der Waals surface area contributed by atoms with E-state index in [0.29, 0.717) is 0 Å². The van der Waals surface area contributed by atoms with Crippen molar-refractivity contribution in [2.45, 2.75) is 20.3 Å². The molecular weight excluding hydrogens is 174 g/mol. The van der Waals surface area contributed by atoms with Crippen molar-refractivity contribution in [3.63, 3.8) is 0 Å². The standard InChI is InChI=1S/C12H13NO/c1-9-5-3-4-6-11(9)7-12-13-8-10(2)14-12/h3-6,8H,7H2,1-2H3. The smallest absolute Gasteiger partial charge is 0.198 e. The van der Waals surface area contributed by atoms with Crippen LogP contribution in [0.1, 0.15) is 22.8 Å². The first-order valence-corrected chi connectivity index (χ1v) is 4.71. The normalized spacial score (nSPS) is 10.4. The highest BCUT2D eigenvalue weighted by Gasteiger charge is 2.03. The predicted molar refractivity (Wildman–Crippen MR) is 55.2 cm³/mol. The highest BCUT2D eigenvalue weighted by Crippen LogP contribution is 2.13. The Bertz CT molecular complexity index is 431. The highest BCUT2D eigenvalue weighted by atomic mass is 16.3. The number of nitrogens with zero attached hydrogens (tertiary/aromatic N) is 1. The molecule has 72 valence electrons. The molecule has 2 heteroatoms. The third-order valence-electron chi connectivity index (χ3n) is 2.27. The molecule has 0 aliphatic heterocycles. The van der Waals surface area contributed by atoms with Gasteiger partial charge in [0.15, 0.2) is 5.89 Å². The SMILES string of the molecule is Cc1cnc(Cc2ccccc2C)o1. The monoisotopic (exact) mass is 187 g/mol. The Morgan fingerprint density at radius 2 is 2.00 bits per heavy atom. The third kappa shape index (κ3) is 1.84. The van der Waals surface area contributed by atoms with Crippen LogP contribution in [-0.4, -0.2) is 4.98 Å². The molecule has 0 amide bonds. The molecule has 14 heavy (non-hydrogen) atoms. The molecule has 2 nitrogen and oxygen atoms in total. The lowest BCUT2D eigenvalue weighted by atomic mass is 10.1. The van der Waals surface area contributed by atoms with E-state index >= 15 is 0 Å². The molecule has 1 heterocycles. The molecule has 1 aromatic carbocycles. The van der Waals surface area contributed by atoms with Crippen molar-refractivity contribution in [3.8, 4) is 0 Å². The van der Waals surface area contributed by atoms with Crippen LogP contribution >= 0.6 is 0 Å². The van der Waals surface area contributed by atoms with E-state index in [4.69, 9.17) is 4.42 Å². The van der Waals surface area contributed by atoms with Crippen LogP contribution in [0.25, 0.3) is 0 Å². The summed E-state index contributed by atoms with van der Waals surface area (Å²) in [7, 11) is 0. The maximum atomic E-state index is 5.43. The lowest BCUT2D eigenvalue weighted by Crippen LogP contribution is -1.90. The Kier molecular flexibility index (Phi) is 2.35. The summed E-state index contributed by atoms with van der Waals surface area (Å²) in [5, 5.41) is 0. The van der Waals surface area contributed by atoms with Crippen LogP contribution in [0.2, 0.25) is 0 Å². The second-order valence-electron chi connectivity index (χ2n) is 3.47. The number of rotatable bonds is 2. The van der Waals surface area contributed by atoms with Gasteiger partial charge in [-0.1, -0.05) is 24.3 Å². The molecule has 0 aliphatic rings. The van der Waals surface area contributed by atoms with Gasteiger partial charge >= 0.3 is 0 Å². The zero-order valence-electron chi connectivity index (χ0n) is 8.45. The average Bonchev–Trinajstić information content (AvgIpc) is 2.56. The first kappa shape index (κ1) is 9.00. The van der Waals surface area contributed by atoms with Crippen LogP contribution in [-0.2, 0) is 6.42 Å². The van der Waals surface area contributed by atoms with Gasteiger partial charge in [0.1, 0.15) is 5.76 Å². The molecule has 2 rings (SSSR count). The quantitative estimate of drug-likeness (QED) is 0.722. The summed E-state index contributed by atoms with van der Waals surface area (Å²) in [6.45, 7) is 4.01. The number of benzene rings is 1. The van der Waals surface area contributed by atoms with Gasteiger partial charge in [0, 0.05) is 6.42 Å². The molecule has 0 saturated carbocycles. The fourth-order valence-corrected chi connectivity index (χ4v) is 1.45. The van der Waals surface area contributed by atoms with E-state index in [9.17, 15) is 0 Å². The number of oxazole rings is 1. The van der Waals surface area contributed by atoms with Crippen molar-refractivity contribution in [3.05, 3.63) is 53.2 Å². The Labute approximate surface area is 83.6 Å². The van der Waals surface area contributed by atoms with Crippen LogP contribution in [0.4, 0.5) is 0 Å². The van der Waals surface area contributed by atoms with E-state index in [2.05, 4.69) is 24.0 Å². The van der Waals surface area contributed by atoms with Crippen molar-refractivity contribution in [1.82, 2.24) is 4.98 Å². The molecule has 0 fully saturated rings. The Morgan fingerprint density at radius 1 is 1.21 bits per heavy atom. The van der Waals surface area contributed by atoms with Gasteiger partial charge in [-0.05, 0) is 25.0 Å². The lowest BCUT2D eigenvalue weighted by Gasteiger charge is -2.01. The largest absolute Gasteiger partial charge is 0.446 e. The minimum atomic E-state index is 0.778. The molecular formula is C12H13NO. The third-order valence-corrected chi connectivity index (χ3v) is 2.27. The summed E-state index contributed by atoms with van der Waals surface area (Å²) in [5.74, 6) is 1.66. The van der Waals surface area contributed by atoms with Crippen LogP contribution in [0, 0.1) is 13.8 Å². The molecule has 0 bridgehead atoms. The van der Waals surface area contributed by atoms with Crippen molar-refractivity contribution >= 4 is 0 Å². The van der Waals surface area contributed by atoms with Gasteiger partial charge in [-0.25, -0.2) is 4.98 Å². The molecule has 0 aliphatic carbocycles. The van der Waals surface area contributed by atoms with Gasteiger partial charge in [-0.15, -0.1) is 0 Å². The van der Waals surface area contributed by atoms with E-state index in [-0.39, 0.29) is 0 Å². The molecule has 2 aromatic rings. The summed E-state index contributed by atoms with van der Waals surface area (Å²) in [4.78, 5) is 4.19. The summed E-state index contributed by atoms with van der Waals surface area (Å²) in [6.07, 6.45) is 2.54. The molecule has 0 radical (unpaired) electrons. The fourth-order valence-electron chi connectivity index (χ4n) is 1.45. The molecule has 0 N–H and O–H groups in total. The van der Waals surface area contributed by atoms with Crippen LogP contribution in [0.15, 0.2) is 34.9 Å². The zero-order valence-corrected chi connectivity index (χ0v) is 8.45. The minimum absolute atomic E-state index is 0.778. The second kappa shape index (κ2) is 3.66. The number of aryl methyl sites for hydroxylation is 2. The van der Waals surface area contributed by atoms with Crippen molar-refractivity contribution < 1.29 is 4.42 Å². The average molecular weight is 187 g/mol. The van der Waals surface area contributed by atoms with Gasteiger partial charge in [0.2, 0.25) is 0 Å². The maximum Gasteiger partial charge on any atom is 0.198 e. The summed E-state index contributed by atoms with van der Waals surface area (Å²) >= 11 is 0. The molecule has 0 spiro atoms. The van der Waals surface area contributed by atoms with E-state index in [1.807, 2.05) is 19.1 Å². The predicted octanol–water partition coefficient (Wildman–Crippen LogP) is 2.88. The van der Waals surface area contributed by atoms with Crippen LogP contribution < -0.4 is 0 Å². The molecule has 1 aromatic heterocycles. The van der Waals surface area contributed by atoms with Crippen molar-refractivity contribution in [2.75, 3.05) is 0 Å². The Balaban J connectivity index is 2.23. The van der Waals surface area contributed by atoms with Gasteiger partial charge in [-0.2, -0.15) is 0 Å². The second-order valence-corrected chi connectivity index (χ2v) is 3.47. The first-order valence-electron chi connectivity index (χ1n) is 4.71. The molecule has 0 atom stereocenters. The summed E-state index contributed by atoms with van der Waals surface area (Å²) in [5.41, 5.74) is 2.55. The van der Waals surface area contributed by atoms with Crippen molar-refractivity contribution in [1.29, 1.82) is 0 Å². The summed E-state index contributed by atoms with van der Waals surface area (Å²) in [6, 6.07) is 8.29. The van der Waals surface area contributed by atoms with Crippen molar-refractivity contribution in [2.24, 2.45) is 0 Å². The molecule has 0 saturated heterocycles. The first-order chi connectivity index (χ1) is 6.75. The Hall–Kier alpha value is -1.57. The van der Waals surface area contributed by atoms with E-state index in [0.717, 1.165) is 18.1 Å². The fraction of sp³-hybridized carbons (Fsp3) is 0.250. The van der Waals surface area contributed by atoms with Crippen LogP contribution in [0.3, 0.4) is 0 Å². The van der Waals surface area contributed by atoms with E-state index in [1.54, 1.807) is 6.20 Å². The number of aromatic nitrogens is 1. The molecule has 0 unspecified atom stereocenters. The number of hydrogen-bond acceptors (Lipinski definition) is 2. The van der Waals surface area contributed by atoms with Gasteiger partial charge in [0.05, 0.1) is 6.20 Å².